The number of aliphatic hydroxyl groups excluding tert-OH is 1. The fraction of sp³-hybridized carbons (Fsp3) is 0.278. The van der Waals surface area contributed by atoms with Crippen LogP contribution < -0.4 is 9.47 Å². The van der Waals surface area contributed by atoms with E-state index < -0.39 is 11.9 Å². The standard InChI is InChI=1S/C18H18FN5O3/c1-9-4-12-15(19)13(5-20-17(12)23-9)27-18-16-11(3)14(26-7-10(2)25)6-24(16)22-8-21-18/h4-6,8,10,25H,7H2,1-3H3,(H,20,23)/t10-/m1/s1. The molecule has 0 aliphatic heterocycles. The Hall–Kier alpha value is -3.20. The number of aryl methyl sites for hydroxylation is 2. The summed E-state index contributed by atoms with van der Waals surface area (Å²) in [6, 6.07) is 1.67. The lowest BCUT2D eigenvalue weighted by atomic mass is 10.3. The zero-order chi connectivity index (χ0) is 19.1. The van der Waals surface area contributed by atoms with Gasteiger partial charge >= 0.3 is 0 Å². The lowest BCUT2D eigenvalue weighted by molar-refractivity contribution is 0.122. The zero-order valence-corrected chi connectivity index (χ0v) is 15.0. The van der Waals surface area contributed by atoms with E-state index in [2.05, 4.69) is 20.1 Å². The molecule has 0 radical (unpaired) electrons. The Morgan fingerprint density at radius 2 is 2.11 bits per heavy atom. The molecule has 27 heavy (non-hydrogen) atoms. The van der Waals surface area contributed by atoms with Crippen LogP contribution in [-0.4, -0.2) is 42.4 Å². The molecule has 0 aromatic carbocycles. The maximum absolute atomic E-state index is 14.8. The van der Waals surface area contributed by atoms with Crippen LogP contribution in [0.25, 0.3) is 16.6 Å². The lowest BCUT2D eigenvalue weighted by Gasteiger charge is -2.08. The van der Waals surface area contributed by atoms with Gasteiger partial charge in [0, 0.05) is 11.3 Å². The molecule has 4 aromatic heterocycles. The van der Waals surface area contributed by atoms with Gasteiger partial charge in [-0.2, -0.15) is 10.1 Å². The minimum atomic E-state index is -0.606. The Labute approximate surface area is 153 Å². The molecule has 4 aromatic rings. The molecule has 0 aliphatic rings. The maximum atomic E-state index is 14.8. The highest BCUT2D eigenvalue weighted by molar-refractivity contribution is 5.79. The first-order chi connectivity index (χ1) is 12.9. The van der Waals surface area contributed by atoms with Crippen LogP contribution in [0.4, 0.5) is 4.39 Å². The van der Waals surface area contributed by atoms with Gasteiger partial charge in [-0.25, -0.2) is 13.9 Å². The molecule has 0 saturated carbocycles. The van der Waals surface area contributed by atoms with Gasteiger partial charge in [0.25, 0.3) is 0 Å². The van der Waals surface area contributed by atoms with E-state index in [-0.39, 0.29) is 18.2 Å². The van der Waals surface area contributed by atoms with Crippen LogP contribution in [0.1, 0.15) is 18.2 Å². The number of nitrogens with one attached hydrogen (secondary N) is 1. The van der Waals surface area contributed by atoms with Crippen molar-refractivity contribution in [2.75, 3.05) is 6.61 Å². The number of pyridine rings is 1. The molecule has 0 aliphatic carbocycles. The third-order valence-electron chi connectivity index (χ3n) is 4.13. The van der Waals surface area contributed by atoms with Crippen LogP contribution in [-0.2, 0) is 0 Å². The highest BCUT2D eigenvalue weighted by Gasteiger charge is 2.18. The molecule has 0 spiro atoms. The Morgan fingerprint density at radius 1 is 1.30 bits per heavy atom. The van der Waals surface area contributed by atoms with Crippen LogP contribution in [0.5, 0.6) is 17.4 Å². The molecule has 1 atom stereocenters. The van der Waals surface area contributed by atoms with Gasteiger partial charge in [0.1, 0.15) is 29.8 Å². The summed E-state index contributed by atoms with van der Waals surface area (Å²) in [7, 11) is 0. The predicted molar refractivity (Wildman–Crippen MR) is 95.8 cm³/mol. The van der Waals surface area contributed by atoms with E-state index in [1.54, 1.807) is 23.7 Å². The van der Waals surface area contributed by atoms with Gasteiger partial charge in [-0.1, -0.05) is 0 Å². The summed E-state index contributed by atoms with van der Waals surface area (Å²) in [4.78, 5) is 11.3. The van der Waals surface area contributed by atoms with E-state index in [0.29, 0.717) is 22.3 Å². The summed E-state index contributed by atoms with van der Waals surface area (Å²) in [5.74, 6) is 0.170. The highest BCUT2D eigenvalue weighted by Crippen LogP contribution is 2.34. The molecule has 0 unspecified atom stereocenters. The number of hydrogen-bond acceptors (Lipinski definition) is 6. The molecule has 2 N–H and O–H groups in total. The van der Waals surface area contributed by atoms with Crippen molar-refractivity contribution in [2.45, 2.75) is 26.9 Å². The van der Waals surface area contributed by atoms with Crippen molar-refractivity contribution < 1.29 is 19.0 Å². The maximum Gasteiger partial charge on any atom is 0.247 e. The summed E-state index contributed by atoms with van der Waals surface area (Å²) in [5.41, 5.74) is 2.53. The number of hydrogen-bond donors (Lipinski definition) is 2. The topological polar surface area (TPSA) is 97.6 Å². The van der Waals surface area contributed by atoms with Gasteiger partial charge in [-0.3, -0.25) is 0 Å². The summed E-state index contributed by atoms with van der Waals surface area (Å²) in [6.07, 6.45) is 3.68. The van der Waals surface area contributed by atoms with Gasteiger partial charge in [0.05, 0.1) is 23.9 Å². The largest absolute Gasteiger partial charge is 0.489 e. The number of nitrogens with zero attached hydrogens (tertiary/aromatic N) is 4. The molecule has 140 valence electrons. The summed E-state index contributed by atoms with van der Waals surface area (Å²) < 4.78 is 27.7. The SMILES string of the molecule is Cc1cc2c(F)c(Oc3ncnn4cc(OC[C@@H](C)O)c(C)c34)cnc2[nH]1. The van der Waals surface area contributed by atoms with E-state index in [4.69, 9.17) is 9.47 Å². The minimum Gasteiger partial charge on any atom is -0.489 e. The fourth-order valence-corrected chi connectivity index (χ4v) is 2.87. The molecular weight excluding hydrogens is 353 g/mol. The van der Waals surface area contributed by atoms with Crippen LogP contribution in [0, 0.1) is 19.7 Å². The minimum absolute atomic E-state index is 0.0332. The Balaban J connectivity index is 1.75. The van der Waals surface area contributed by atoms with Gasteiger partial charge in [-0.05, 0) is 26.8 Å². The van der Waals surface area contributed by atoms with Gasteiger partial charge in [0.15, 0.2) is 11.6 Å². The lowest BCUT2D eigenvalue weighted by Crippen LogP contribution is -2.12. The Bertz CT molecular complexity index is 1140. The monoisotopic (exact) mass is 371 g/mol. The van der Waals surface area contributed by atoms with Crippen molar-refractivity contribution in [3.8, 4) is 17.4 Å². The predicted octanol–water partition coefficient (Wildman–Crippen LogP) is 2.91. The third-order valence-corrected chi connectivity index (χ3v) is 4.13. The average Bonchev–Trinajstić information content (AvgIpc) is 3.16. The second-order valence-electron chi connectivity index (χ2n) is 6.39. The van der Waals surface area contributed by atoms with Crippen LogP contribution in [0.3, 0.4) is 0 Å². The van der Waals surface area contributed by atoms with Crippen molar-refractivity contribution in [3.05, 3.63) is 41.9 Å². The first-order valence-corrected chi connectivity index (χ1v) is 8.39. The smallest absolute Gasteiger partial charge is 0.247 e. The number of aromatic amines is 1. The number of aromatic nitrogens is 5. The van der Waals surface area contributed by atoms with Crippen molar-refractivity contribution >= 4 is 16.6 Å². The second kappa shape index (κ2) is 6.51. The number of rotatable bonds is 5. The van der Waals surface area contributed by atoms with Crippen LogP contribution in [0.2, 0.25) is 0 Å². The van der Waals surface area contributed by atoms with E-state index in [1.165, 1.54) is 12.5 Å². The van der Waals surface area contributed by atoms with E-state index in [0.717, 1.165) is 11.3 Å². The third kappa shape index (κ3) is 3.06. The molecule has 0 amide bonds. The van der Waals surface area contributed by atoms with E-state index in [9.17, 15) is 9.50 Å². The average molecular weight is 371 g/mol. The van der Waals surface area contributed by atoms with E-state index in [1.807, 2.05) is 13.8 Å². The van der Waals surface area contributed by atoms with Crippen molar-refractivity contribution in [1.29, 1.82) is 0 Å². The van der Waals surface area contributed by atoms with Gasteiger partial charge in [0.2, 0.25) is 5.88 Å². The number of fused-ring (bicyclic) bond motifs is 2. The molecular formula is C18H18FN5O3. The molecule has 4 heterocycles. The van der Waals surface area contributed by atoms with E-state index >= 15 is 0 Å². The number of aliphatic hydroxyl groups is 1. The second-order valence-corrected chi connectivity index (χ2v) is 6.39. The first kappa shape index (κ1) is 17.2. The van der Waals surface area contributed by atoms with Crippen molar-refractivity contribution in [3.63, 3.8) is 0 Å². The molecule has 0 bridgehead atoms. The van der Waals surface area contributed by atoms with Crippen LogP contribution in [0.15, 0.2) is 24.8 Å². The summed E-state index contributed by atoms with van der Waals surface area (Å²) in [5, 5.41) is 13.9. The van der Waals surface area contributed by atoms with Crippen molar-refractivity contribution in [2.24, 2.45) is 0 Å². The van der Waals surface area contributed by atoms with Crippen LogP contribution >= 0.6 is 0 Å². The molecule has 8 nitrogen and oxygen atoms in total. The quantitative estimate of drug-likeness (QED) is 0.560. The van der Waals surface area contributed by atoms with Gasteiger partial charge in [-0.15, -0.1) is 0 Å². The molecule has 0 fully saturated rings. The Kier molecular flexibility index (Phi) is 4.15. The molecule has 9 heteroatoms. The molecule has 4 rings (SSSR count). The van der Waals surface area contributed by atoms with Crippen molar-refractivity contribution in [1.82, 2.24) is 24.6 Å². The number of halogens is 1. The first-order valence-electron chi connectivity index (χ1n) is 8.39. The fourth-order valence-electron chi connectivity index (χ4n) is 2.87. The highest BCUT2D eigenvalue weighted by atomic mass is 19.1. The zero-order valence-electron chi connectivity index (χ0n) is 15.0. The number of ether oxygens (including phenoxy) is 2. The summed E-state index contributed by atoms with van der Waals surface area (Å²) in [6.45, 7) is 5.42. The Morgan fingerprint density at radius 3 is 2.89 bits per heavy atom. The normalized spacial score (nSPS) is 12.6. The number of H-pyrrole nitrogens is 1. The molecule has 0 saturated heterocycles. The van der Waals surface area contributed by atoms with Gasteiger partial charge < -0.3 is 19.6 Å². The summed E-state index contributed by atoms with van der Waals surface area (Å²) >= 11 is 0.